The quantitative estimate of drug-likeness (QED) is 0.818. The minimum atomic E-state index is -0.504. The van der Waals surface area contributed by atoms with Gasteiger partial charge in [0.2, 0.25) is 0 Å². The zero-order valence-electron chi connectivity index (χ0n) is 11.0. The number of hydrogen-bond donors (Lipinski definition) is 2. The van der Waals surface area contributed by atoms with Gasteiger partial charge in [-0.3, -0.25) is 4.79 Å². The molecule has 1 aromatic carbocycles. The number of nitrogens with one attached hydrogen (secondary N) is 1. The first-order valence-electron chi connectivity index (χ1n) is 6.49. The molecule has 0 aromatic heterocycles. The minimum absolute atomic E-state index is 0.0140. The van der Waals surface area contributed by atoms with Crippen LogP contribution in [0.5, 0.6) is 0 Å². The van der Waals surface area contributed by atoms with Crippen LogP contribution in [0.1, 0.15) is 28.8 Å². The largest absolute Gasteiger partial charge is 0.399 e. The van der Waals surface area contributed by atoms with Gasteiger partial charge in [-0.25, -0.2) is 4.39 Å². The average Bonchev–Trinajstić information content (AvgIpc) is 2.86. The summed E-state index contributed by atoms with van der Waals surface area (Å²) in [5, 5.41) is 2.73. The van der Waals surface area contributed by atoms with Crippen LogP contribution >= 0.6 is 0 Å². The molecular formula is C14H19FN2O2. The Morgan fingerprint density at radius 1 is 1.58 bits per heavy atom. The smallest absolute Gasteiger partial charge is 0.254 e. The van der Waals surface area contributed by atoms with Crippen LogP contribution in [-0.4, -0.2) is 25.7 Å². The Morgan fingerprint density at radius 3 is 3.05 bits per heavy atom. The number of amides is 1. The van der Waals surface area contributed by atoms with E-state index in [1.54, 1.807) is 6.92 Å². The third-order valence-electron chi connectivity index (χ3n) is 3.38. The summed E-state index contributed by atoms with van der Waals surface area (Å²) in [4.78, 5) is 11.9. The van der Waals surface area contributed by atoms with E-state index in [0.717, 1.165) is 26.1 Å². The van der Waals surface area contributed by atoms with E-state index >= 15 is 0 Å². The zero-order chi connectivity index (χ0) is 13.8. The molecule has 0 saturated carbocycles. The monoisotopic (exact) mass is 266 g/mol. The lowest BCUT2D eigenvalue weighted by atomic mass is 10.0. The topological polar surface area (TPSA) is 64.4 Å². The van der Waals surface area contributed by atoms with Crippen molar-refractivity contribution in [1.82, 2.24) is 5.32 Å². The van der Waals surface area contributed by atoms with Crippen LogP contribution in [0.25, 0.3) is 0 Å². The molecule has 1 heterocycles. The molecule has 19 heavy (non-hydrogen) atoms. The molecule has 0 aliphatic carbocycles. The molecule has 1 saturated heterocycles. The van der Waals surface area contributed by atoms with E-state index in [-0.39, 0.29) is 5.56 Å². The van der Waals surface area contributed by atoms with Crippen LogP contribution in [0.15, 0.2) is 12.1 Å². The van der Waals surface area contributed by atoms with Crippen molar-refractivity contribution in [2.24, 2.45) is 5.92 Å². The van der Waals surface area contributed by atoms with Gasteiger partial charge in [-0.15, -0.1) is 0 Å². The second-order valence-corrected chi connectivity index (χ2v) is 4.97. The minimum Gasteiger partial charge on any atom is -0.399 e. The van der Waals surface area contributed by atoms with Crippen molar-refractivity contribution >= 4 is 11.6 Å². The Labute approximate surface area is 112 Å². The summed E-state index contributed by atoms with van der Waals surface area (Å²) in [7, 11) is 0. The molecule has 104 valence electrons. The molecule has 1 fully saturated rings. The van der Waals surface area contributed by atoms with Crippen molar-refractivity contribution in [3.05, 3.63) is 29.1 Å². The number of hydrogen-bond acceptors (Lipinski definition) is 3. The van der Waals surface area contributed by atoms with Crippen LogP contribution in [0.2, 0.25) is 0 Å². The van der Waals surface area contributed by atoms with E-state index in [2.05, 4.69) is 5.32 Å². The summed E-state index contributed by atoms with van der Waals surface area (Å²) in [5.41, 5.74) is 6.43. The molecule has 0 spiro atoms. The maximum atomic E-state index is 13.8. The Kier molecular flexibility index (Phi) is 4.37. The first kappa shape index (κ1) is 13.8. The van der Waals surface area contributed by atoms with E-state index < -0.39 is 11.7 Å². The summed E-state index contributed by atoms with van der Waals surface area (Å²) in [6.07, 6.45) is 1.89. The standard InChI is InChI=1S/C14H19FN2O2/c1-9-6-11(16)7-12(13(9)15)14(18)17-4-2-10-3-5-19-8-10/h6-7,10H,2-5,8,16H2,1H3,(H,17,18). The third-order valence-corrected chi connectivity index (χ3v) is 3.38. The number of anilines is 1. The summed E-state index contributed by atoms with van der Waals surface area (Å²) in [6, 6.07) is 2.89. The van der Waals surface area contributed by atoms with Gasteiger partial charge < -0.3 is 15.8 Å². The Balaban J connectivity index is 1.92. The van der Waals surface area contributed by atoms with Crippen LogP contribution in [-0.2, 0) is 4.74 Å². The number of nitrogens with two attached hydrogens (primary N) is 1. The molecule has 1 atom stereocenters. The number of rotatable bonds is 4. The first-order chi connectivity index (χ1) is 9.08. The SMILES string of the molecule is Cc1cc(N)cc(C(=O)NCCC2CCOC2)c1F. The lowest BCUT2D eigenvalue weighted by Gasteiger charge is -2.10. The molecule has 1 aliphatic rings. The molecule has 0 bridgehead atoms. The molecular weight excluding hydrogens is 247 g/mol. The summed E-state index contributed by atoms with van der Waals surface area (Å²) < 4.78 is 19.1. The van der Waals surface area contributed by atoms with Crippen molar-refractivity contribution < 1.29 is 13.9 Å². The third kappa shape index (κ3) is 3.44. The molecule has 4 nitrogen and oxygen atoms in total. The molecule has 1 aliphatic heterocycles. The van der Waals surface area contributed by atoms with Crippen LogP contribution < -0.4 is 11.1 Å². The van der Waals surface area contributed by atoms with Gasteiger partial charge in [-0.1, -0.05) is 0 Å². The molecule has 1 unspecified atom stereocenters. The molecule has 0 radical (unpaired) electrons. The maximum Gasteiger partial charge on any atom is 0.254 e. The summed E-state index contributed by atoms with van der Waals surface area (Å²) in [5.74, 6) is -0.421. The average molecular weight is 266 g/mol. The van der Waals surface area contributed by atoms with Crippen molar-refractivity contribution in [2.45, 2.75) is 19.8 Å². The number of benzene rings is 1. The highest BCUT2D eigenvalue weighted by Gasteiger charge is 2.17. The summed E-state index contributed by atoms with van der Waals surface area (Å²) >= 11 is 0. The molecule has 1 amide bonds. The molecule has 2 rings (SSSR count). The fraction of sp³-hybridized carbons (Fsp3) is 0.500. The Hall–Kier alpha value is -1.62. The van der Waals surface area contributed by atoms with Crippen molar-refractivity contribution in [3.8, 4) is 0 Å². The van der Waals surface area contributed by atoms with Crippen molar-refractivity contribution in [2.75, 3.05) is 25.5 Å². The van der Waals surface area contributed by atoms with Gasteiger partial charge in [0.15, 0.2) is 0 Å². The highest BCUT2D eigenvalue weighted by atomic mass is 19.1. The predicted octanol–water partition coefficient (Wildman–Crippen LogP) is 1.87. The number of carbonyl (C=O) groups is 1. The van der Waals surface area contributed by atoms with Crippen molar-refractivity contribution in [1.29, 1.82) is 0 Å². The van der Waals surface area contributed by atoms with Crippen LogP contribution in [0.3, 0.4) is 0 Å². The Morgan fingerprint density at radius 2 is 2.37 bits per heavy atom. The Bertz CT molecular complexity index is 471. The number of nitrogen functional groups attached to an aromatic ring is 1. The fourth-order valence-electron chi connectivity index (χ4n) is 2.26. The van der Waals surface area contributed by atoms with E-state index in [1.807, 2.05) is 0 Å². The molecule has 3 N–H and O–H groups in total. The highest BCUT2D eigenvalue weighted by Crippen LogP contribution is 2.18. The highest BCUT2D eigenvalue weighted by molar-refractivity contribution is 5.95. The van der Waals surface area contributed by atoms with Gasteiger partial charge in [0.1, 0.15) is 5.82 Å². The lowest BCUT2D eigenvalue weighted by molar-refractivity contribution is 0.0946. The van der Waals surface area contributed by atoms with Gasteiger partial charge >= 0.3 is 0 Å². The second kappa shape index (κ2) is 6.02. The number of carbonyl (C=O) groups excluding carboxylic acids is 1. The van der Waals surface area contributed by atoms with Gasteiger partial charge in [0.05, 0.1) is 5.56 Å². The normalized spacial score (nSPS) is 18.5. The van der Waals surface area contributed by atoms with E-state index in [0.29, 0.717) is 23.7 Å². The lowest BCUT2D eigenvalue weighted by Crippen LogP contribution is -2.27. The molecule has 5 heteroatoms. The van der Waals surface area contributed by atoms with Crippen LogP contribution in [0.4, 0.5) is 10.1 Å². The van der Waals surface area contributed by atoms with Gasteiger partial charge in [0, 0.05) is 25.4 Å². The summed E-state index contributed by atoms with van der Waals surface area (Å²) in [6.45, 7) is 3.67. The predicted molar refractivity (Wildman–Crippen MR) is 71.4 cm³/mol. The van der Waals surface area contributed by atoms with E-state index in [9.17, 15) is 9.18 Å². The zero-order valence-corrected chi connectivity index (χ0v) is 11.0. The number of halogens is 1. The van der Waals surface area contributed by atoms with E-state index in [1.165, 1.54) is 12.1 Å². The first-order valence-corrected chi connectivity index (χ1v) is 6.49. The molecule has 1 aromatic rings. The second-order valence-electron chi connectivity index (χ2n) is 4.97. The fourth-order valence-corrected chi connectivity index (χ4v) is 2.26. The number of aryl methyl sites for hydroxylation is 1. The van der Waals surface area contributed by atoms with E-state index in [4.69, 9.17) is 10.5 Å². The van der Waals surface area contributed by atoms with Gasteiger partial charge in [-0.05, 0) is 43.4 Å². The maximum absolute atomic E-state index is 13.8. The van der Waals surface area contributed by atoms with Gasteiger partial charge in [-0.2, -0.15) is 0 Å². The number of ether oxygens (including phenoxy) is 1. The van der Waals surface area contributed by atoms with Crippen LogP contribution in [0, 0.1) is 18.7 Å². The van der Waals surface area contributed by atoms with Crippen molar-refractivity contribution in [3.63, 3.8) is 0 Å². The van der Waals surface area contributed by atoms with Gasteiger partial charge in [0.25, 0.3) is 5.91 Å².